The van der Waals surface area contributed by atoms with Crippen molar-refractivity contribution in [3.8, 4) is 0 Å². The maximum atomic E-state index is 3.88. The van der Waals surface area contributed by atoms with Crippen LogP contribution in [0.3, 0.4) is 0 Å². The highest BCUT2D eigenvalue weighted by Gasteiger charge is 2.61. The van der Waals surface area contributed by atoms with Crippen molar-refractivity contribution in [3.63, 3.8) is 0 Å². The Morgan fingerprint density at radius 3 is 0.433 bits per heavy atom. The van der Waals surface area contributed by atoms with Gasteiger partial charge in [0.1, 0.15) is 0 Å². The van der Waals surface area contributed by atoms with Crippen LogP contribution in [0.2, 0.25) is 0 Å². The van der Waals surface area contributed by atoms with Gasteiger partial charge >= 0.3 is 0 Å². The van der Waals surface area contributed by atoms with E-state index in [1.165, 1.54) is 100 Å². The molecule has 0 heterocycles. The van der Waals surface area contributed by atoms with Crippen LogP contribution in [0, 0.1) is 138 Å². The van der Waals surface area contributed by atoms with Gasteiger partial charge in [-0.15, -0.1) is 0 Å². The molecule has 1 aromatic carbocycles. The fourth-order valence-electron chi connectivity index (χ4n) is 16.7. The lowest BCUT2D eigenvalue weighted by atomic mass is 9.45. The molecule has 0 aliphatic heterocycles. The Balaban J connectivity index is 1.32. The molecular formula is C90H90. The molecule has 0 spiro atoms. The fraction of sp³-hybridized carbons (Fsp3) is 0.400. The van der Waals surface area contributed by atoms with Crippen LogP contribution in [-0.2, 0) is 0 Å². The van der Waals surface area contributed by atoms with E-state index in [-0.39, 0.29) is 32.5 Å². The molecule has 12 aliphatic rings. The first-order valence-electron chi connectivity index (χ1n) is 32.9. The van der Waals surface area contributed by atoms with E-state index < -0.39 is 32.5 Å². The number of hydrogen-bond acceptors (Lipinski definition) is 0. The van der Waals surface area contributed by atoms with Crippen LogP contribution in [0.5, 0.6) is 0 Å². The average molecular weight is 1170 g/mol. The van der Waals surface area contributed by atoms with Gasteiger partial charge in [0.25, 0.3) is 0 Å². The Labute approximate surface area is 541 Å². The minimum atomic E-state index is -0.485. The highest BCUT2D eigenvalue weighted by Crippen LogP contribution is 2.69. The SMILES string of the molecule is CC(C)(C)C1=CC2=c3c#cc#cc4c(c#cc#cc5c(c#cc#cc3=C3C=C(C(C)(C)C)C=C6C=CC(=C1)[C@@]2(C)[C@]63C)=C1C=C(C(C)(C)C)C=C2C=CC3=CC(C(C)(C)C)=CC=5[C@]3(C)[C@]21C)=C1C=C(C(C)(C)C)C=C2C=CC3=CC(C(C)(C)C)=CC=4[C@]3(C)[C@]21C. The van der Waals surface area contributed by atoms with E-state index in [2.05, 4.69) is 348 Å². The molecule has 0 nitrogen and oxygen atoms in total. The van der Waals surface area contributed by atoms with E-state index in [9.17, 15) is 0 Å². The second-order valence-electron chi connectivity index (χ2n) is 34.7. The first kappa shape index (κ1) is 60.8. The van der Waals surface area contributed by atoms with Crippen molar-refractivity contribution in [1.82, 2.24) is 0 Å². The summed E-state index contributed by atoms with van der Waals surface area (Å²) in [4.78, 5) is 0. The molecule has 1 aromatic rings. The lowest BCUT2D eigenvalue weighted by molar-refractivity contribution is 0.298. The molecule has 0 saturated heterocycles. The summed E-state index contributed by atoms with van der Waals surface area (Å²) in [7, 11) is 0. The highest BCUT2D eigenvalue weighted by atomic mass is 14.6. The van der Waals surface area contributed by atoms with Crippen molar-refractivity contribution in [2.45, 2.75) is 166 Å². The van der Waals surface area contributed by atoms with Crippen LogP contribution in [-0.4, -0.2) is 0 Å². The Bertz CT molecular complexity index is 3940. The maximum absolute atomic E-state index is 3.88. The van der Waals surface area contributed by atoms with Crippen LogP contribution >= 0.6 is 0 Å². The summed E-state index contributed by atoms with van der Waals surface area (Å²) in [5.74, 6) is 0. The molecule has 0 amide bonds. The molecule has 0 bridgehead atoms. The van der Waals surface area contributed by atoms with Crippen molar-refractivity contribution in [2.75, 3.05) is 0 Å². The van der Waals surface area contributed by atoms with Crippen molar-refractivity contribution in [1.29, 1.82) is 0 Å². The van der Waals surface area contributed by atoms with E-state index >= 15 is 0 Å². The van der Waals surface area contributed by atoms with Crippen LogP contribution in [0.25, 0.3) is 33.4 Å². The molecule has 12 aliphatic carbocycles. The Kier molecular flexibility index (Phi) is 12.7. The maximum Gasteiger partial charge on any atom is 0.0457 e. The first-order chi connectivity index (χ1) is 41.6. The monoisotopic (exact) mass is 1170 g/mol. The standard InChI is InChI=1S/C90H90/c1-79(2,3)61-43-55-37-38-56-44-62(80(4,5)6)50-74-68-32-27-28-34-70-72(78-54-66(84(16,17)18)48-60-42-41-58-46-64(82(10,11)12)52-76(70)88(58,22)90(60,78)24)36-30-29-35-71-69(33-26-25-31-67(68)73(49-61)85(55,19)86(56,74)20)75-51-63(81(7,8)9)45-57-39-40-59-47-65(83(13,14)15)53-77(71)89(59,23)87(57,75)21/h37-54H,1-24H3/t85-,86-,87-,88-,89-,90-/m1/s1. The van der Waals surface area contributed by atoms with E-state index in [1.807, 2.05) is 0 Å². The molecule has 0 radical (unpaired) electrons. The average Bonchev–Trinajstić information content (AvgIpc) is 0.689. The molecule has 6 atom stereocenters. The summed E-state index contributed by atoms with van der Waals surface area (Å²) in [6.07, 6.45) is 43.7. The lowest BCUT2D eigenvalue weighted by Gasteiger charge is -2.57. The number of hydrogen-bond donors (Lipinski definition) is 0. The minimum absolute atomic E-state index is 0.151. The summed E-state index contributed by atoms with van der Waals surface area (Å²) in [5, 5.41) is 5.44. The third-order valence-electron chi connectivity index (χ3n) is 23.6. The van der Waals surface area contributed by atoms with Gasteiger partial charge in [-0.3, -0.25) is 0 Å². The van der Waals surface area contributed by atoms with Crippen molar-refractivity contribution in [2.24, 2.45) is 65.0 Å². The first-order valence-corrected chi connectivity index (χ1v) is 32.9. The van der Waals surface area contributed by atoms with Gasteiger partial charge in [0.05, 0.1) is 0 Å². The second kappa shape index (κ2) is 18.8. The summed E-state index contributed by atoms with van der Waals surface area (Å²) < 4.78 is 0. The number of fused-ring (bicyclic) bond motifs is 3. The predicted molar refractivity (Wildman–Crippen MR) is 373 cm³/mol. The van der Waals surface area contributed by atoms with Crippen molar-refractivity contribution < 1.29 is 0 Å². The van der Waals surface area contributed by atoms with E-state index in [0.29, 0.717) is 0 Å². The summed E-state index contributed by atoms with van der Waals surface area (Å²) >= 11 is 0. The van der Waals surface area contributed by atoms with Crippen LogP contribution in [0.1, 0.15) is 166 Å². The van der Waals surface area contributed by atoms with Gasteiger partial charge in [0.15, 0.2) is 0 Å². The Hall–Kier alpha value is -8.10. The lowest BCUT2D eigenvalue weighted by Crippen LogP contribution is -2.54. The minimum Gasteiger partial charge on any atom is -0.0578 e. The molecule has 0 fully saturated rings. The fourth-order valence-corrected chi connectivity index (χ4v) is 16.7. The molecular weight excluding hydrogens is 1080 g/mol. The van der Waals surface area contributed by atoms with Gasteiger partial charge < -0.3 is 0 Å². The summed E-state index contributed by atoms with van der Waals surface area (Å²) in [5.41, 5.74) is 18.5. The molecule has 0 unspecified atom stereocenters. The highest BCUT2D eigenvalue weighted by molar-refractivity contribution is 5.91. The van der Waals surface area contributed by atoms with E-state index in [4.69, 9.17) is 0 Å². The van der Waals surface area contributed by atoms with Gasteiger partial charge in [0.2, 0.25) is 0 Å². The predicted octanol–water partition coefficient (Wildman–Crippen LogP) is 16.8. The molecule has 0 N–H and O–H groups in total. The van der Waals surface area contributed by atoms with Gasteiger partial charge in [-0.25, -0.2) is 0 Å². The topological polar surface area (TPSA) is 0 Å². The quantitative estimate of drug-likeness (QED) is 0.243. The van der Waals surface area contributed by atoms with Crippen LogP contribution in [0.15, 0.2) is 176 Å². The van der Waals surface area contributed by atoms with Gasteiger partial charge in [-0.1, -0.05) is 312 Å². The zero-order chi connectivity index (χ0) is 65.1. The normalized spacial score (nSPS) is 28.9. The molecule has 0 aromatic heterocycles. The third kappa shape index (κ3) is 8.16. The molecule has 13 rings (SSSR count). The van der Waals surface area contributed by atoms with E-state index in [1.54, 1.807) is 0 Å². The summed E-state index contributed by atoms with van der Waals surface area (Å²) in [6.45, 7) is 56.4. The van der Waals surface area contributed by atoms with Crippen LogP contribution < -0.4 is 31.3 Å². The van der Waals surface area contributed by atoms with Crippen molar-refractivity contribution >= 4 is 33.4 Å². The number of rotatable bonds is 0. The van der Waals surface area contributed by atoms with Crippen LogP contribution in [0.4, 0.5) is 0 Å². The molecule has 90 heavy (non-hydrogen) atoms. The Morgan fingerprint density at radius 1 is 0.200 bits per heavy atom. The second-order valence-corrected chi connectivity index (χ2v) is 34.7. The van der Waals surface area contributed by atoms with Gasteiger partial charge in [0, 0.05) is 63.8 Å². The third-order valence-corrected chi connectivity index (χ3v) is 23.6. The zero-order valence-electron chi connectivity index (χ0n) is 58.4. The molecule has 0 heteroatoms. The van der Waals surface area contributed by atoms with Gasteiger partial charge in [-0.05, 0) is 169 Å². The Morgan fingerprint density at radius 2 is 0.322 bits per heavy atom. The van der Waals surface area contributed by atoms with Gasteiger partial charge in [-0.2, -0.15) is 0 Å². The summed E-state index contributed by atoms with van der Waals surface area (Å²) in [6, 6.07) is 44.9. The van der Waals surface area contributed by atoms with Crippen molar-refractivity contribution in [3.05, 3.63) is 280 Å². The smallest absolute Gasteiger partial charge is 0.0457 e. The number of allylic oxidation sites excluding steroid dienone is 30. The molecule has 450 valence electrons. The van der Waals surface area contributed by atoms with E-state index in [0.717, 1.165) is 31.3 Å². The largest absolute Gasteiger partial charge is 0.0578 e. The molecule has 0 saturated carbocycles. The zero-order valence-corrected chi connectivity index (χ0v) is 58.4.